The smallest absolute Gasteiger partial charge is 0.00201 e. The van der Waals surface area contributed by atoms with Gasteiger partial charge in [-0.1, -0.05) is 19.3 Å². The summed E-state index contributed by atoms with van der Waals surface area (Å²) in [5.74, 6) is 0. The van der Waals surface area contributed by atoms with Gasteiger partial charge in [-0.2, -0.15) is 0 Å². The topological polar surface area (TPSA) is 52.0 Å². The fourth-order valence-corrected chi connectivity index (χ4v) is 2.16. The zero-order valence-electron chi connectivity index (χ0n) is 7.31. The van der Waals surface area contributed by atoms with Gasteiger partial charge in [0.25, 0.3) is 0 Å². The number of rotatable bonds is 3. The van der Waals surface area contributed by atoms with Gasteiger partial charge in [-0.25, -0.2) is 0 Å². The van der Waals surface area contributed by atoms with Gasteiger partial charge in [-0.05, 0) is 37.8 Å². The molecule has 0 aromatic carbocycles. The van der Waals surface area contributed by atoms with E-state index in [0.29, 0.717) is 5.41 Å². The molecule has 0 unspecified atom stereocenters. The van der Waals surface area contributed by atoms with Crippen molar-refractivity contribution in [1.82, 2.24) is 0 Å². The second-order valence-corrected chi connectivity index (χ2v) is 3.80. The van der Waals surface area contributed by atoms with E-state index < -0.39 is 0 Å². The molecule has 0 aliphatic heterocycles. The van der Waals surface area contributed by atoms with Crippen LogP contribution in [0.1, 0.15) is 38.5 Å². The fourth-order valence-electron chi connectivity index (χ4n) is 2.16. The maximum atomic E-state index is 5.77. The van der Waals surface area contributed by atoms with Gasteiger partial charge >= 0.3 is 0 Å². The Hall–Kier alpha value is -0.0800. The summed E-state index contributed by atoms with van der Waals surface area (Å²) in [6.45, 7) is 1.64. The van der Waals surface area contributed by atoms with Gasteiger partial charge in [-0.3, -0.25) is 0 Å². The highest BCUT2D eigenvalue weighted by Gasteiger charge is 2.29. The molecule has 0 aromatic rings. The molecule has 11 heavy (non-hydrogen) atoms. The molecule has 1 aliphatic carbocycles. The summed E-state index contributed by atoms with van der Waals surface area (Å²) in [4.78, 5) is 0. The Morgan fingerprint density at radius 2 is 1.64 bits per heavy atom. The Morgan fingerprint density at radius 3 is 2.09 bits per heavy atom. The van der Waals surface area contributed by atoms with Gasteiger partial charge in [0.1, 0.15) is 0 Å². The predicted molar refractivity (Wildman–Crippen MR) is 48.2 cm³/mol. The van der Waals surface area contributed by atoms with Crippen molar-refractivity contribution in [2.75, 3.05) is 13.1 Å². The van der Waals surface area contributed by atoms with Crippen LogP contribution in [0.15, 0.2) is 0 Å². The Bertz CT molecular complexity index is 101. The van der Waals surface area contributed by atoms with Crippen LogP contribution in [-0.4, -0.2) is 13.1 Å². The minimum atomic E-state index is 0.424. The molecule has 1 rings (SSSR count). The zero-order valence-corrected chi connectivity index (χ0v) is 7.31. The molecule has 0 amide bonds. The normalized spacial score (nSPS) is 23.5. The van der Waals surface area contributed by atoms with Crippen LogP contribution < -0.4 is 11.5 Å². The van der Waals surface area contributed by atoms with Gasteiger partial charge in [0, 0.05) is 0 Å². The Balaban J connectivity index is 2.42. The molecular weight excluding hydrogens is 136 g/mol. The SMILES string of the molecule is NCCC1(CN)CCCCC1. The molecule has 4 N–H and O–H groups in total. The quantitative estimate of drug-likeness (QED) is 0.646. The van der Waals surface area contributed by atoms with Crippen LogP contribution in [-0.2, 0) is 0 Å². The summed E-state index contributed by atoms with van der Waals surface area (Å²) in [6, 6.07) is 0. The monoisotopic (exact) mass is 156 g/mol. The highest BCUT2D eigenvalue weighted by molar-refractivity contribution is 4.83. The van der Waals surface area contributed by atoms with Gasteiger partial charge in [0.15, 0.2) is 0 Å². The third-order valence-corrected chi connectivity index (χ3v) is 3.02. The first kappa shape index (κ1) is 9.01. The summed E-state index contributed by atoms with van der Waals surface area (Å²) in [6.07, 6.45) is 7.85. The van der Waals surface area contributed by atoms with Crippen molar-refractivity contribution >= 4 is 0 Å². The van der Waals surface area contributed by atoms with Crippen molar-refractivity contribution in [3.05, 3.63) is 0 Å². The Kier molecular flexibility index (Phi) is 3.34. The number of hydrogen-bond donors (Lipinski definition) is 2. The van der Waals surface area contributed by atoms with Crippen molar-refractivity contribution in [3.8, 4) is 0 Å². The molecule has 1 saturated carbocycles. The zero-order chi connectivity index (χ0) is 8.16. The van der Waals surface area contributed by atoms with Crippen molar-refractivity contribution in [2.45, 2.75) is 38.5 Å². The summed E-state index contributed by atoms with van der Waals surface area (Å²) in [7, 11) is 0. The molecule has 1 fully saturated rings. The van der Waals surface area contributed by atoms with Crippen molar-refractivity contribution in [1.29, 1.82) is 0 Å². The minimum Gasteiger partial charge on any atom is -0.330 e. The number of hydrogen-bond acceptors (Lipinski definition) is 2. The van der Waals surface area contributed by atoms with E-state index in [1.165, 1.54) is 32.1 Å². The highest BCUT2D eigenvalue weighted by atomic mass is 14.6. The van der Waals surface area contributed by atoms with Crippen molar-refractivity contribution in [2.24, 2.45) is 16.9 Å². The molecule has 66 valence electrons. The maximum absolute atomic E-state index is 5.77. The van der Waals surface area contributed by atoms with Crippen LogP contribution in [0.4, 0.5) is 0 Å². The van der Waals surface area contributed by atoms with Crippen molar-refractivity contribution in [3.63, 3.8) is 0 Å². The van der Waals surface area contributed by atoms with E-state index in [4.69, 9.17) is 11.5 Å². The second kappa shape index (κ2) is 4.07. The van der Waals surface area contributed by atoms with E-state index >= 15 is 0 Å². The fraction of sp³-hybridized carbons (Fsp3) is 1.00. The lowest BCUT2D eigenvalue weighted by Crippen LogP contribution is -2.34. The van der Waals surface area contributed by atoms with Gasteiger partial charge < -0.3 is 11.5 Å². The lowest BCUT2D eigenvalue weighted by molar-refractivity contribution is 0.186. The molecular formula is C9H20N2. The molecule has 0 bridgehead atoms. The average Bonchev–Trinajstić information content (AvgIpc) is 2.07. The van der Waals surface area contributed by atoms with Crippen LogP contribution in [0, 0.1) is 5.41 Å². The van der Waals surface area contributed by atoms with Crippen LogP contribution in [0.5, 0.6) is 0 Å². The Labute approximate surface area is 69.3 Å². The summed E-state index contributed by atoms with van der Waals surface area (Å²) in [5.41, 5.74) is 11.8. The van der Waals surface area contributed by atoms with Crippen LogP contribution >= 0.6 is 0 Å². The Morgan fingerprint density at radius 1 is 1.00 bits per heavy atom. The highest BCUT2D eigenvalue weighted by Crippen LogP contribution is 2.37. The first-order valence-corrected chi connectivity index (χ1v) is 4.73. The largest absolute Gasteiger partial charge is 0.330 e. The molecule has 1 aliphatic rings. The maximum Gasteiger partial charge on any atom is -0.00201 e. The third kappa shape index (κ3) is 2.17. The molecule has 2 nitrogen and oxygen atoms in total. The summed E-state index contributed by atoms with van der Waals surface area (Å²) >= 11 is 0. The van der Waals surface area contributed by atoms with Gasteiger partial charge in [0.05, 0.1) is 0 Å². The molecule has 2 heteroatoms. The first-order chi connectivity index (χ1) is 5.33. The predicted octanol–water partition coefficient (Wildman–Crippen LogP) is 1.24. The lowest BCUT2D eigenvalue weighted by atomic mass is 9.72. The van der Waals surface area contributed by atoms with E-state index in [2.05, 4.69) is 0 Å². The van der Waals surface area contributed by atoms with Gasteiger partial charge in [-0.15, -0.1) is 0 Å². The molecule has 0 radical (unpaired) electrons. The average molecular weight is 156 g/mol. The summed E-state index contributed by atoms with van der Waals surface area (Å²) < 4.78 is 0. The van der Waals surface area contributed by atoms with E-state index in [9.17, 15) is 0 Å². The number of nitrogens with two attached hydrogens (primary N) is 2. The van der Waals surface area contributed by atoms with Crippen molar-refractivity contribution < 1.29 is 0 Å². The van der Waals surface area contributed by atoms with Crippen LogP contribution in [0.25, 0.3) is 0 Å². The lowest BCUT2D eigenvalue weighted by Gasteiger charge is -2.35. The van der Waals surface area contributed by atoms with E-state index in [1.54, 1.807) is 0 Å². The molecule has 0 aromatic heterocycles. The molecule has 0 saturated heterocycles. The molecule has 0 spiro atoms. The third-order valence-electron chi connectivity index (χ3n) is 3.02. The minimum absolute atomic E-state index is 0.424. The first-order valence-electron chi connectivity index (χ1n) is 4.73. The molecule has 0 heterocycles. The van der Waals surface area contributed by atoms with Gasteiger partial charge in [0.2, 0.25) is 0 Å². The van der Waals surface area contributed by atoms with E-state index in [0.717, 1.165) is 19.5 Å². The second-order valence-electron chi connectivity index (χ2n) is 3.80. The molecule has 0 atom stereocenters. The van der Waals surface area contributed by atoms with Crippen LogP contribution in [0.2, 0.25) is 0 Å². The standard InChI is InChI=1S/C9H20N2/c10-7-6-9(8-11)4-2-1-3-5-9/h1-8,10-11H2. The van der Waals surface area contributed by atoms with Crippen LogP contribution in [0.3, 0.4) is 0 Å². The van der Waals surface area contributed by atoms with E-state index in [-0.39, 0.29) is 0 Å². The summed E-state index contributed by atoms with van der Waals surface area (Å²) in [5, 5.41) is 0. The van der Waals surface area contributed by atoms with E-state index in [1.807, 2.05) is 0 Å².